The largest absolute Gasteiger partial charge is 0.317 e. The molecule has 100 valence electrons. The van der Waals surface area contributed by atoms with Crippen LogP contribution in [0, 0.1) is 17.8 Å². The second kappa shape index (κ2) is 6.78. The van der Waals surface area contributed by atoms with Crippen LogP contribution in [-0.4, -0.2) is 13.1 Å². The van der Waals surface area contributed by atoms with Gasteiger partial charge in [0.15, 0.2) is 0 Å². The first kappa shape index (κ1) is 13.4. The summed E-state index contributed by atoms with van der Waals surface area (Å²) < 4.78 is 0. The number of rotatable bonds is 9. The first-order valence-electron chi connectivity index (χ1n) is 8.02. The van der Waals surface area contributed by atoms with Crippen molar-refractivity contribution in [2.45, 2.75) is 77.2 Å². The van der Waals surface area contributed by atoms with Gasteiger partial charge in [0.25, 0.3) is 0 Å². The molecule has 2 fully saturated rings. The number of hydrogen-bond donors (Lipinski definition) is 1. The average Bonchev–Trinajstić information content (AvgIpc) is 2.96. The Morgan fingerprint density at radius 3 is 2.24 bits per heavy atom. The van der Waals surface area contributed by atoms with Gasteiger partial charge < -0.3 is 5.32 Å². The summed E-state index contributed by atoms with van der Waals surface area (Å²) in [5.41, 5.74) is 0. The molecule has 2 aliphatic carbocycles. The minimum atomic E-state index is 0.828. The fourth-order valence-corrected chi connectivity index (χ4v) is 3.85. The van der Waals surface area contributed by atoms with Crippen LogP contribution in [0.5, 0.6) is 0 Å². The molecular weight excluding hydrogens is 206 g/mol. The summed E-state index contributed by atoms with van der Waals surface area (Å²) in [7, 11) is 2.17. The van der Waals surface area contributed by atoms with Gasteiger partial charge in [-0.25, -0.2) is 0 Å². The van der Waals surface area contributed by atoms with Crippen LogP contribution in [0.1, 0.15) is 71.1 Å². The summed E-state index contributed by atoms with van der Waals surface area (Å²) in [6.07, 6.45) is 14.7. The minimum Gasteiger partial charge on any atom is -0.317 e. The van der Waals surface area contributed by atoms with Crippen molar-refractivity contribution in [1.82, 2.24) is 5.32 Å². The summed E-state index contributed by atoms with van der Waals surface area (Å²) in [6.45, 7) is 2.29. The lowest BCUT2D eigenvalue weighted by atomic mass is 9.90. The Morgan fingerprint density at radius 2 is 1.59 bits per heavy atom. The van der Waals surface area contributed by atoms with Crippen LogP contribution in [0.2, 0.25) is 0 Å². The number of nitrogens with one attached hydrogen (secondary N) is 1. The van der Waals surface area contributed by atoms with E-state index in [0.29, 0.717) is 0 Å². The summed E-state index contributed by atoms with van der Waals surface area (Å²) in [5, 5.41) is 3.59. The van der Waals surface area contributed by atoms with Gasteiger partial charge >= 0.3 is 0 Å². The Morgan fingerprint density at radius 1 is 0.941 bits per heavy atom. The maximum absolute atomic E-state index is 3.59. The van der Waals surface area contributed by atoms with Gasteiger partial charge in [0, 0.05) is 6.04 Å². The first-order valence-corrected chi connectivity index (χ1v) is 8.02. The maximum atomic E-state index is 3.59. The van der Waals surface area contributed by atoms with E-state index < -0.39 is 0 Å². The van der Waals surface area contributed by atoms with Crippen molar-refractivity contribution in [3.05, 3.63) is 0 Å². The molecular formula is C16H31N. The van der Waals surface area contributed by atoms with Crippen molar-refractivity contribution in [2.75, 3.05) is 7.05 Å². The van der Waals surface area contributed by atoms with Crippen LogP contribution in [-0.2, 0) is 0 Å². The van der Waals surface area contributed by atoms with Crippen molar-refractivity contribution in [2.24, 2.45) is 17.8 Å². The average molecular weight is 237 g/mol. The molecule has 2 aliphatic rings. The topological polar surface area (TPSA) is 12.0 Å². The van der Waals surface area contributed by atoms with E-state index in [1.54, 1.807) is 6.42 Å². The molecule has 0 spiro atoms. The lowest BCUT2D eigenvalue weighted by Gasteiger charge is -2.24. The molecule has 0 bridgehead atoms. The SMILES string of the molecule is CCCCCCCCC(NC)C1CC2CC2C1. The van der Waals surface area contributed by atoms with Gasteiger partial charge in [0.1, 0.15) is 0 Å². The lowest BCUT2D eigenvalue weighted by Crippen LogP contribution is -2.32. The van der Waals surface area contributed by atoms with Gasteiger partial charge in [0.05, 0.1) is 0 Å². The molecule has 1 nitrogen and oxygen atoms in total. The fourth-order valence-electron chi connectivity index (χ4n) is 3.85. The van der Waals surface area contributed by atoms with Crippen LogP contribution in [0.15, 0.2) is 0 Å². The van der Waals surface area contributed by atoms with E-state index in [9.17, 15) is 0 Å². The molecule has 0 aromatic rings. The third-order valence-corrected chi connectivity index (χ3v) is 5.09. The highest BCUT2D eigenvalue weighted by molar-refractivity contribution is 4.98. The molecule has 2 rings (SSSR count). The monoisotopic (exact) mass is 237 g/mol. The molecule has 0 radical (unpaired) electrons. The van der Waals surface area contributed by atoms with Crippen LogP contribution < -0.4 is 5.32 Å². The summed E-state index contributed by atoms with van der Waals surface area (Å²) in [5.74, 6) is 3.29. The Bertz CT molecular complexity index is 204. The molecule has 0 saturated heterocycles. The molecule has 3 unspecified atom stereocenters. The van der Waals surface area contributed by atoms with Crippen molar-refractivity contribution >= 4 is 0 Å². The molecule has 0 aliphatic heterocycles. The van der Waals surface area contributed by atoms with Gasteiger partial charge in [-0.1, -0.05) is 45.4 Å². The van der Waals surface area contributed by atoms with E-state index >= 15 is 0 Å². The Balaban J connectivity index is 1.53. The van der Waals surface area contributed by atoms with E-state index in [1.807, 2.05) is 0 Å². The molecule has 0 aromatic heterocycles. The highest BCUT2D eigenvalue weighted by atomic mass is 14.9. The first-order chi connectivity index (χ1) is 8.35. The second-order valence-electron chi connectivity index (χ2n) is 6.44. The highest BCUT2D eigenvalue weighted by Crippen LogP contribution is 2.55. The van der Waals surface area contributed by atoms with E-state index in [2.05, 4.69) is 19.3 Å². The van der Waals surface area contributed by atoms with E-state index in [-0.39, 0.29) is 0 Å². The maximum Gasteiger partial charge on any atom is 0.00925 e. The molecule has 1 N–H and O–H groups in total. The van der Waals surface area contributed by atoms with Crippen LogP contribution in [0.3, 0.4) is 0 Å². The standard InChI is InChI=1S/C16H31N/c1-3-4-5-6-7-8-9-16(17-2)15-11-13-10-14(13)12-15/h13-17H,3-12H2,1-2H3. The van der Waals surface area contributed by atoms with E-state index in [0.717, 1.165) is 23.8 Å². The van der Waals surface area contributed by atoms with Crippen LogP contribution in [0.25, 0.3) is 0 Å². The molecule has 3 atom stereocenters. The summed E-state index contributed by atoms with van der Waals surface area (Å²) >= 11 is 0. The third kappa shape index (κ3) is 3.98. The zero-order chi connectivity index (χ0) is 12.1. The second-order valence-corrected chi connectivity index (χ2v) is 6.44. The quantitative estimate of drug-likeness (QED) is 0.587. The third-order valence-electron chi connectivity index (χ3n) is 5.09. The van der Waals surface area contributed by atoms with Crippen molar-refractivity contribution in [3.63, 3.8) is 0 Å². The zero-order valence-electron chi connectivity index (χ0n) is 11.9. The van der Waals surface area contributed by atoms with Crippen molar-refractivity contribution < 1.29 is 0 Å². The molecule has 0 aromatic carbocycles. The fraction of sp³-hybridized carbons (Fsp3) is 1.00. The molecule has 0 amide bonds. The summed E-state index contributed by atoms with van der Waals surface area (Å²) in [4.78, 5) is 0. The highest BCUT2D eigenvalue weighted by Gasteiger charge is 2.47. The lowest BCUT2D eigenvalue weighted by molar-refractivity contribution is 0.325. The van der Waals surface area contributed by atoms with E-state index in [1.165, 1.54) is 57.8 Å². The van der Waals surface area contributed by atoms with Crippen LogP contribution >= 0.6 is 0 Å². The predicted molar refractivity (Wildman–Crippen MR) is 75.2 cm³/mol. The van der Waals surface area contributed by atoms with Gasteiger partial charge in [-0.15, -0.1) is 0 Å². The van der Waals surface area contributed by atoms with Gasteiger partial charge in [0.2, 0.25) is 0 Å². The van der Waals surface area contributed by atoms with Gasteiger partial charge in [-0.05, 0) is 50.5 Å². The number of fused-ring (bicyclic) bond motifs is 1. The number of unbranched alkanes of at least 4 members (excludes halogenated alkanes) is 5. The molecule has 17 heavy (non-hydrogen) atoms. The predicted octanol–water partition coefficient (Wildman–Crippen LogP) is 4.37. The molecule has 2 saturated carbocycles. The van der Waals surface area contributed by atoms with Crippen molar-refractivity contribution in [3.8, 4) is 0 Å². The minimum absolute atomic E-state index is 0.828. The van der Waals surface area contributed by atoms with Gasteiger partial charge in [-0.2, -0.15) is 0 Å². The van der Waals surface area contributed by atoms with Crippen molar-refractivity contribution in [1.29, 1.82) is 0 Å². The Hall–Kier alpha value is -0.0400. The Labute approximate surface area is 108 Å². The normalized spacial score (nSPS) is 32.5. The summed E-state index contributed by atoms with van der Waals surface area (Å²) in [6, 6.07) is 0.828. The Kier molecular flexibility index (Phi) is 5.34. The number of hydrogen-bond acceptors (Lipinski definition) is 1. The van der Waals surface area contributed by atoms with Crippen LogP contribution in [0.4, 0.5) is 0 Å². The molecule has 0 heterocycles. The smallest absolute Gasteiger partial charge is 0.00925 e. The zero-order valence-corrected chi connectivity index (χ0v) is 11.9. The van der Waals surface area contributed by atoms with Gasteiger partial charge in [-0.3, -0.25) is 0 Å². The molecule has 1 heteroatoms. The van der Waals surface area contributed by atoms with E-state index in [4.69, 9.17) is 0 Å².